The molecule has 3 aromatic carbocycles. The van der Waals surface area contributed by atoms with Crippen LogP contribution in [0.3, 0.4) is 0 Å². The molecule has 0 unspecified atom stereocenters. The monoisotopic (exact) mass is 459 g/mol. The number of thioether (sulfide) groups is 1. The van der Waals surface area contributed by atoms with Gasteiger partial charge < -0.3 is 5.11 Å². The number of hydrogen-bond donors (Lipinski definition) is 1. The first-order valence-electron chi connectivity index (χ1n) is 10.7. The molecule has 0 aliphatic rings. The lowest BCUT2D eigenvalue weighted by Crippen LogP contribution is -2.29. The van der Waals surface area contributed by atoms with E-state index in [1.807, 2.05) is 48.5 Å². The summed E-state index contributed by atoms with van der Waals surface area (Å²) < 4.78 is 39.2. The van der Waals surface area contributed by atoms with Crippen molar-refractivity contribution < 1.29 is 18.3 Å². The standard InChI is InChI=1S/C26H28F3NOS/c27-26(28,29)32-25-14-8-7-13-24(25)19-23(22-11-5-2-6-12-22)15-16-30(17-18-31)20-21-9-3-1-4-10-21/h1-14,23,31H,15-20H2/t23-/m0/s1. The zero-order valence-electron chi connectivity index (χ0n) is 17.8. The van der Waals surface area contributed by atoms with Gasteiger partial charge in [-0.05, 0) is 59.8 Å². The normalized spacial score (nSPS) is 12.8. The van der Waals surface area contributed by atoms with Gasteiger partial charge in [0.05, 0.1) is 6.61 Å². The van der Waals surface area contributed by atoms with Crippen molar-refractivity contribution in [1.29, 1.82) is 0 Å². The van der Waals surface area contributed by atoms with Crippen molar-refractivity contribution in [2.45, 2.75) is 35.7 Å². The predicted octanol–water partition coefficient (Wildman–Crippen LogP) is 6.51. The molecule has 2 nitrogen and oxygen atoms in total. The first-order chi connectivity index (χ1) is 15.4. The Hall–Kier alpha value is -2.28. The highest BCUT2D eigenvalue weighted by Crippen LogP contribution is 2.40. The Morgan fingerprint density at radius 1 is 0.812 bits per heavy atom. The molecule has 3 aromatic rings. The van der Waals surface area contributed by atoms with E-state index < -0.39 is 5.51 Å². The number of nitrogens with zero attached hydrogens (tertiary/aromatic N) is 1. The summed E-state index contributed by atoms with van der Waals surface area (Å²) in [5, 5.41) is 9.53. The van der Waals surface area contributed by atoms with Crippen molar-refractivity contribution in [2.75, 3.05) is 19.7 Å². The molecule has 6 heteroatoms. The van der Waals surface area contributed by atoms with Crippen LogP contribution in [-0.2, 0) is 13.0 Å². The lowest BCUT2D eigenvalue weighted by atomic mass is 9.89. The molecule has 0 radical (unpaired) electrons. The first-order valence-corrected chi connectivity index (χ1v) is 11.5. The van der Waals surface area contributed by atoms with Gasteiger partial charge in [-0.15, -0.1) is 0 Å². The summed E-state index contributed by atoms with van der Waals surface area (Å²) in [4.78, 5) is 2.46. The number of halogens is 3. The number of rotatable bonds is 11. The third-order valence-electron chi connectivity index (χ3n) is 5.39. The number of aliphatic hydroxyl groups excluding tert-OH is 1. The SMILES string of the molecule is OCCN(CC[C@@H](Cc1ccccc1SC(F)(F)F)c1ccccc1)Cc1ccccc1. The average molecular weight is 460 g/mol. The lowest BCUT2D eigenvalue weighted by molar-refractivity contribution is -0.0328. The van der Waals surface area contributed by atoms with Gasteiger partial charge in [0.15, 0.2) is 0 Å². The summed E-state index contributed by atoms with van der Waals surface area (Å²) in [6, 6.07) is 26.8. The Morgan fingerprint density at radius 3 is 2.09 bits per heavy atom. The topological polar surface area (TPSA) is 23.5 Å². The molecule has 0 aliphatic heterocycles. The summed E-state index contributed by atoms with van der Waals surface area (Å²) in [7, 11) is 0. The molecule has 0 spiro atoms. The van der Waals surface area contributed by atoms with E-state index in [0.29, 0.717) is 18.5 Å². The van der Waals surface area contributed by atoms with Crippen LogP contribution in [0.25, 0.3) is 0 Å². The zero-order chi connectivity index (χ0) is 22.8. The maximum atomic E-state index is 13.1. The molecule has 0 aliphatic carbocycles. The number of aliphatic hydroxyl groups is 1. The molecule has 0 heterocycles. The lowest BCUT2D eigenvalue weighted by Gasteiger charge is -2.26. The summed E-state index contributed by atoms with van der Waals surface area (Å²) >= 11 is -0.0446. The predicted molar refractivity (Wildman–Crippen MR) is 125 cm³/mol. The van der Waals surface area contributed by atoms with Gasteiger partial charge in [0.25, 0.3) is 0 Å². The van der Waals surface area contributed by atoms with Crippen LogP contribution in [0.2, 0.25) is 0 Å². The summed E-state index contributed by atoms with van der Waals surface area (Å²) in [6.45, 7) is 2.08. The molecule has 1 N–H and O–H groups in total. The van der Waals surface area contributed by atoms with Gasteiger partial charge in [0, 0.05) is 18.0 Å². The van der Waals surface area contributed by atoms with Crippen LogP contribution in [0.1, 0.15) is 29.0 Å². The smallest absolute Gasteiger partial charge is 0.395 e. The van der Waals surface area contributed by atoms with Gasteiger partial charge in [0.2, 0.25) is 0 Å². The van der Waals surface area contributed by atoms with Gasteiger partial charge in [0.1, 0.15) is 0 Å². The highest BCUT2D eigenvalue weighted by molar-refractivity contribution is 8.00. The van der Waals surface area contributed by atoms with E-state index in [4.69, 9.17) is 0 Å². The van der Waals surface area contributed by atoms with E-state index in [2.05, 4.69) is 17.0 Å². The van der Waals surface area contributed by atoms with Crippen LogP contribution in [-0.4, -0.2) is 35.2 Å². The number of hydrogen-bond acceptors (Lipinski definition) is 3. The minimum absolute atomic E-state index is 0.0446. The maximum Gasteiger partial charge on any atom is 0.446 e. The molecule has 0 bridgehead atoms. The van der Waals surface area contributed by atoms with Gasteiger partial charge in [-0.1, -0.05) is 78.9 Å². The Balaban J connectivity index is 1.77. The third-order valence-corrected chi connectivity index (χ3v) is 6.24. The minimum Gasteiger partial charge on any atom is -0.395 e. The van der Waals surface area contributed by atoms with Gasteiger partial charge in [-0.3, -0.25) is 4.90 Å². The maximum absolute atomic E-state index is 13.1. The van der Waals surface area contributed by atoms with Crippen molar-refractivity contribution in [1.82, 2.24) is 4.90 Å². The molecule has 0 amide bonds. The van der Waals surface area contributed by atoms with Crippen LogP contribution in [0, 0.1) is 0 Å². The highest BCUT2D eigenvalue weighted by atomic mass is 32.2. The first kappa shape index (κ1) is 24.4. The Labute approximate surface area is 192 Å². The second-order valence-corrected chi connectivity index (χ2v) is 8.85. The van der Waals surface area contributed by atoms with E-state index in [1.54, 1.807) is 24.3 Å². The Morgan fingerprint density at radius 2 is 1.44 bits per heavy atom. The van der Waals surface area contributed by atoms with Crippen molar-refractivity contribution in [2.24, 2.45) is 0 Å². The molecule has 0 fully saturated rings. The van der Waals surface area contributed by atoms with E-state index >= 15 is 0 Å². The van der Waals surface area contributed by atoms with E-state index in [0.717, 1.165) is 25.1 Å². The van der Waals surface area contributed by atoms with Crippen LogP contribution >= 0.6 is 11.8 Å². The second-order valence-electron chi connectivity index (χ2n) is 7.74. The van der Waals surface area contributed by atoms with Crippen molar-refractivity contribution >= 4 is 11.8 Å². The van der Waals surface area contributed by atoms with Gasteiger partial charge >= 0.3 is 5.51 Å². The fourth-order valence-electron chi connectivity index (χ4n) is 3.87. The second kappa shape index (κ2) is 12.1. The highest BCUT2D eigenvalue weighted by Gasteiger charge is 2.30. The quantitative estimate of drug-likeness (QED) is 0.331. The molecule has 0 saturated carbocycles. The fraction of sp³-hybridized carbons (Fsp3) is 0.308. The number of alkyl halides is 3. The van der Waals surface area contributed by atoms with Crippen molar-refractivity contribution in [3.63, 3.8) is 0 Å². The van der Waals surface area contributed by atoms with Crippen molar-refractivity contribution in [3.05, 3.63) is 102 Å². The Bertz CT molecular complexity index is 935. The summed E-state index contributed by atoms with van der Waals surface area (Å²) in [6.07, 6.45) is 1.31. The summed E-state index contributed by atoms with van der Waals surface area (Å²) in [5.41, 5.74) is -1.32. The largest absolute Gasteiger partial charge is 0.446 e. The minimum atomic E-state index is -4.31. The third kappa shape index (κ3) is 8.01. The molecule has 170 valence electrons. The van der Waals surface area contributed by atoms with E-state index in [1.165, 1.54) is 5.56 Å². The molecular formula is C26H28F3NOS. The molecule has 0 aromatic heterocycles. The van der Waals surface area contributed by atoms with E-state index in [9.17, 15) is 18.3 Å². The average Bonchev–Trinajstić information content (AvgIpc) is 2.78. The molecule has 3 rings (SSSR count). The van der Waals surface area contributed by atoms with Crippen molar-refractivity contribution in [3.8, 4) is 0 Å². The molecule has 0 saturated heterocycles. The van der Waals surface area contributed by atoms with Crippen LogP contribution < -0.4 is 0 Å². The Kier molecular flexibility index (Phi) is 9.21. The zero-order valence-corrected chi connectivity index (χ0v) is 18.7. The molecular weight excluding hydrogens is 431 g/mol. The van der Waals surface area contributed by atoms with Gasteiger partial charge in [-0.2, -0.15) is 13.2 Å². The molecule has 1 atom stereocenters. The number of benzene rings is 3. The van der Waals surface area contributed by atoms with E-state index in [-0.39, 0.29) is 29.2 Å². The van der Waals surface area contributed by atoms with Gasteiger partial charge in [-0.25, -0.2) is 0 Å². The van der Waals surface area contributed by atoms with Crippen LogP contribution in [0.4, 0.5) is 13.2 Å². The summed E-state index contributed by atoms with van der Waals surface area (Å²) in [5.74, 6) is 0.0724. The molecule has 32 heavy (non-hydrogen) atoms. The van der Waals surface area contributed by atoms with Crippen LogP contribution in [0.15, 0.2) is 89.8 Å². The van der Waals surface area contributed by atoms with Crippen LogP contribution in [0.5, 0.6) is 0 Å². The fourth-order valence-corrected chi connectivity index (χ4v) is 4.54.